The largest absolute Gasteiger partial charge is 0.493 e. The van der Waals surface area contributed by atoms with Crippen LogP contribution in [0.2, 0.25) is 0 Å². The number of aromatic carboxylic acids is 1. The van der Waals surface area contributed by atoms with E-state index < -0.39 is 11.9 Å². The van der Waals surface area contributed by atoms with E-state index in [1.54, 1.807) is 0 Å². The highest BCUT2D eigenvalue weighted by molar-refractivity contribution is 7.97. The number of ether oxygens (including phenoxy) is 2. The summed E-state index contributed by atoms with van der Waals surface area (Å²) in [4.78, 5) is 22.0. The normalized spacial score (nSPS) is 9.94. The number of methoxy groups -OCH3 is 1. The lowest BCUT2D eigenvalue weighted by molar-refractivity contribution is -0.132. The molecule has 0 fully saturated rings. The monoisotopic (exact) mass is 270 g/mol. The molecule has 0 atom stereocenters. The van der Waals surface area contributed by atoms with Gasteiger partial charge in [0.25, 0.3) is 0 Å². The van der Waals surface area contributed by atoms with Crippen molar-refractivity contribution < 1.29 is 24.2 Å². The minimum atomic E-state index is -1.05. The smallest absolute Gasteiger partial charge is 0.335 e. The fourth-order valence-corrected chi connectivity index (χ4v) is 1.98. The van der Waals surface area contributed by atoms with E-state index in [1.165, 1.54) is 37.9 Å². The molecule has 0 aromatic heterocycles. The van der Waals surface area contributed by atoms with E-state index in [9.17, 15) is 9.59 Å². The van der Waals surface area contributed by atoms with Crippen LogP contribution in [0.25, 0.3) is 0 Å². The minimum Gasteiger partial charge on any atom is -0.493 e. The Labute approximate surface area is 109 Å². The van der Waals surface area contributed by atoms with Crippen LogP contribution in [0.1, 0.15) is 22.8 Å². The second-order valence-corrected chi connectivity index (χ2v) is 4.36. The zero-order valence-corrected chi connectivity index (χ0v) is 11.2. The average molecular weight is 270 g/mol. The third-order valence-corrected chi connectivity index (χ3v) is 2.74. The molecule has 0 amide bonds. The lowest BCUT2D eigenvalue weighted by Gasteiger charge is -2.13. The van der Waals surface area contributed by atoms with E-state index in [0.717, 1.165) is 0 Å². The predicted octanol–water partition coefficient (Wildman–Crippen LogP) is 2.18. The first-order chi connectivity index (χ1) is 8.49. The highest BCUT2D eigenvalue weighted by Crippen LogP contribution is 2.35. The summed E-state index contributed by atoms with van der Waals surface area (Å²) in [5, 5.41) is 9.00. The number of benzene rings is 1. The number of carbonyl (C=O) groups excluding carboxylic acids is 1. The minimum absolute atomic E-state index is 0.104. The Kier molecular flexibility index (Phi) is 5.03. The Morgan fingerprint density at radius 1 is 1.39 bits per heavy atom. The second-order valence-electron chi connectivity index (χ2n) is 3.50. The van der Waals surface area contributed by atoms with Crippen molar-refractivity contribution in [3.05, 3.63) is 23.3 Å². The molecule has 0 saturated heterocycles. The number of esters is 1. The third-order valence-electron chi connectivity index (χ3n) is 2.14. The number of carboxylic acids is 1. The highest BCUT2D eigenvalue weighted by Gasteiger charge is 2.17. The quantitative estimate of drug-likeness (QED) is 0.653. The van der Waals surface area contributed by atoms with Crippen molar-refractivity contribution in [1.82, 2.24) is 0 Å². The van der Waals surface area contributed by atoms with Gasteiger partial charge in [0.05, 0.1) is 12.7 Å². The fraction of sp³-hybridized carbons (Fsp3) is 0.333. The molecule has 1 aromatic rings. The van der Waals surface area contributed by atoms with E-state index in [-0.39, 0.29) is 17.1 Å². The van der Waals surface area contributed by atoms with Crippen molar-refractivity contribution in [3.8, 4) is 11.5 Å². The topological polar surface area (TPSA) is 72.8 Å². The predicted molar refractivity (Wildman–Crippen MR) is 68.5 cm³/mol. The lowest BCUT2D eigenvalue weighted by atomic mass is 10.1. The van der Waals surface area contributed by atoms with Gasteiger partial charge in [0.1, 0.15) is 0 Å². The van der Waals surface area contributed by atoms with Gasteiger partial charge in [-0.1, -0.05) is 0 Å². The van der Waals surface area contributed by atoms with Crippen LogP contribution in [-0.2, 0) is 10.5 Å². The molecule has 1 N–H and O–H groups in total. The fourth-order valence-electron chi connectivity index (χ4n) is 1.46. The molecule has 18 heavy (non-hydrogen) atoms. The Bertz CT molecular complexity index is 470. The molecule has 6 heteroatoms. The average Bonchev–Trinajstić information content (AvgIpc) is 2.30. The Hall–Kier alpha value is -1.69. The van der Waals surface area contributed by atoms with Gasteiger partial charge in [-0.05, 0) is 18.4 Å². The standard InChI is InChI=1S/C12H14O5S/c1-7(13)17-11-9(6-18-3)4-8(12(14)15)5-10(11)16-2/h4-5H,6H2,1-3H3,(H,14,15). The maximum Gasteiger partial charge on any atom is 0.335 e. The maximum atomic E-state index is 11.1. The molecule has 0 radical (unpaired) electrons. The molecular weight excluding hydrogens is 256 g/mol. The van der Waals surface area contributed by atoms with Gasteiger partial charge in [0.15, 0.2) is 11.5 Å². The number of rotatable bonds is 5. The third kappa shape index (κ3) is 3.40. The summed E-state index contributed by atoms with van der Waals surface area (Å²) >= 11 is 1.50. The molecule has 0 spiro atoms. The molecular formula is C12H14O5S. The lowest BCUT2D eigenvalue weighted by Crippen LogP contribution is -2.07. The van der Waals surface area contributed by atoms with Gasteiger partial charge in [-0.25, -0.2) is 4.79 Å². The Balaban J connectivity index is 3.35. The van der Waals surface area contributed by atoms with E-state index in [2.05, 4.69) is 0 Å². The Morgan fingerprint density at radius 2 is 2.06 bits per heavy atom. The first-order valence-corrected chi connectivity index (χ1v) is 6.50. The van der Waals surface area contributed by atoms with Crippen LogP contribution in [0.4, 0.5) is 0 Å². The molecule has 0 aliphatic rings. The van der Waals surface area contributed by atoms with Crippen LogP contribution in [0, 0.1) is 0 Å². The Morgan fingerprint density at radius 3 is 2.50 bits per heavy atom. The molecule has 1 aromatic carbocycles. The van der Waals surface area contributed by atoms with E-state index in [0.29, 0.717) is 11.3 Å². The molecule has 0 unspecified atom stereocenters. The molecule has 98 valence electrons. The molecule has 1 rings (SSSR count). The SMILES string of the molecule is COc1cc(C(=O)O)cc(CSC)c1OC(C)=O. The van der Waals surface area contributed by atoms with Gasteiger partial charge in [-0.15, -0.1) is 0 Å². The number of carbonyl (C=O) groups is 2. The molecule has 0 aliphatic carbocycles. The first-order valence-electron chi connectivity index (χ1n) is 5.11. The summed E-state index contributed by atoms with van der Waals surface area (Å²) in [5.41, 5.74) is 0.723. The van der Waals surface area contributed by atoms with Crippen molar-refractivity contribution in [2.24, 2.45) is 0 Å². The van der Waals surface area contributed by atoms with Gasteiger partial charge >= 0.3 is 11.9 Å². The first kappa shape index (κ1) is 14.4. The molecule has 0 aliphatic heterocycles. The summed E-state index contributed by atoms with van der Waals surface area (Å²) in [7, 11) is 1.40. The van der Waals surface area contributed by atoms with Crippen LogP contribution in [0.15, 0.2) is 12.1 Å². The summed E-state index contributed by atoms with van der Waals surface area (Å²) in [6.45, 7) is 1.29. The summed E-state index contributed by atoms with van der Waals surface area (Å²) in [6.07, 6.45) is 1.87. The van der Waals surface area contributed by atoms with Crippen molar-refractivity contribution in [1.29, 1.82) is 0 Å². The summed E-state index contributed by atoms with van der Waals surface area (Å²) in [5.74, 6) is -0.470. The van der Waals surface area contributed by atoms with Crippen LogP contribution < -0.4 is 9.47 Å². The molecule has 0 bridgehead atoms. The zero-order valence-electron chi connectivity index (χ0n) is 10.4. The number of thioether (sulfide) groups is 1. The van der Waals surface area contributed by atoms with E-state index >= 15 is 0 Å². The highest BCUT2D eigenvalue weighted by atomic mass is 32.2. The van der Waals surface area contributed by atoms with E-state index in [4.69, 9.17) is 14.6 Å². The molecule has 0 saturated carbocycles. The van der Waals surface area contributed by atoms with Crippen molar-refractivity contribution in [3.63, 3.8) is 0 Å². The van der Waals surface area contributed by atoms with Crippen molar-refractivity contribution in [2.45, 2.75) is 12.7 Å². The van der Waals surface area contributed by atoms with Gasteiger partial charge in [0, 0.05) is 18.2 Å². The summed E-state index contributed by atoms with van der Waals surface area (Å²) in [6, 6.07) is 2.82. The van der Waals surface area contributed by atoms with Crippen LogP contribution >= 0.6 is 11.8 Å². The van der Waals surface area contributed by atoms with Gasteiger partial charge in [0.2, 0.25) is 0 Å². The summed E-state index contributed by atoms with van der Waals surface area (Å²) < 4.78 is 10.2. The van der Waals surface area contributed by atoms with E-state index in [1.807, 2.05) is 6.26 Å². The maximum absolute atomic E-state index is 11.1. The van der Waals surface area contributed by atoms with Crippen molar-refractivity contribution >= 4 is 23.7 Å². The van der Waals surface area contributed by atoms with Gasteiger partial charge in [-0.3, -0.25) is 4.79 Å². The number of carboxylic acid groups (broad SMARTS) is 1. The number of hydrogen-bond donors (Lipinski definition) is 1. The molecule has 5 nitrogen and oxygen atoms in total. The molecule has 0 heterocycles. The van der Waals surface area contributed by atoms with Gasteiger partial charge < -0.3 is 14.6 Å². The van der Waals surface area contributed by atoms with Crippen LogP contribution in [0.3, 0.4) is 0 Å². The van der Waals surface area contributed by atoms with Crippen LogP contribution in [-0.4, -0.2) is 30.4 Å². The zero-order chi connectivity index (χ0) is 13.7. The van der Waals surface area contributed by atoms with Gasteiger partial charge in [-0.2, -0.15) is 11.8 Å². The second kappa shape index (κ2) is 6.30. The number of hydrogen-bond acceptors (Lipinski definition) is 5. The van der Waals surface area contributed by atoms with Crippen LogP contribution in [0.5, 0.6) is 11.5 Å². The van der Waals surface area contributed by atoms with Crippen molar-refractivity contribution in [2.75, 3.05) is 13.4 Å².